The highest BCUT2D eigenvalue weighted by Gasteiger charge is 1.75. The lowest BCUT2D eigenvalue weighted by Crippen LogP contribution is -1.65. The van der Waals surface area contributed by atoms with Crippen LogP contribution >= 0.6 is 0 Å². The second-order valence-electron chi connectivity index (χ2n) is 1.87. The van der Waals surface area contributed by atoms with E-state index < -0.39 is 0 Å². The quantitative estimate of drug-likeness (QED) is 0.539. The molecule has 0 bridgehead atoms. The Hall–Kier alpha value is -1.51. The summed E-state index contributed by atoms with van der Waals surface area (Å²) in [7, 11) is 0. The molecular weight excluding hydrogens is 138 g/mol. The lowest BCUT2D eigenvalue weighted by molar-refractivity contribution is 1.06. The summed E-state index contributed by atoms with van der Waals surface area (Å²) >= 11 is 0. The highest BCUT2D eigenvalue weighted by atomic mass is 15.4. The van der Waals surface area contributed by atoms with Gasteiger partial charge in [-0.15, -0.1) is 5.10 Å². The second kappa shape index (κ2) is 5.29. The van der Waals surface area contributed by atoms with Crippen LogP contribution in [0.25, 0.3) is 0 Å². The number of benzene rings is 1. The predicted octanol–water partition coefficient (Wildman–Crippen LogP) is 2.12. The van der Waals surface area contributed by atoms with Gasteiger partial charge in [0.15, 0.2) is 0 Å². The first-order chi connectivity index (χ1) is 5.50. The van der Waals surface area contributed by atoms with Gasteiger partial charge in [0.05, 0.1) is 12.8 Å². The van der Waals surface area contributed by atoms with Gasteiger partial charge in [0, 0.05) is 0 Å². The van der Waals surface area contributed by atoms with Crippen LogP contribution in [0.15, 0.2) is 51.8 Å². The third-order valence-electron chi connectivity index (χ3n) is 1.03. The molecule has 0 atom stereocenters. The Morgan fingerprint density at radius 3 is 1.55 bits per heavy atom. The Morgan fingerprint density at radius 2 is 1.36 bits per heavy atom. The fraction of sp³-hybridized carbons (Fsp3) is 0.125. The van der Waals surface area contributed by atoms with Crippen molar-refractivity contribution < 1.29 is 0 Å². The van der Waals surface area contributed by atoms with Gasteiger partial charge in [-0.05, 0) is 5.22 Å². The van der Waals surface area contributed by atoms with Crippen LogP contribution in [0.2, 0.25) is 0 Å². The molecule has 56 valence electrons. The average Bonchev–Trinajstić information content (AvgIpc) is 2.64. The van der Waals surface area contributed by atoms with Crippen LogP contribution in [0.5, 0.6) is 0 Å². The summed E-state index contributed by atoms with van der Waals surface area (Å²) in [6.07, 6.45) is 1.65. The molecule has 1 aromatic rings. The summed E-state index contributed by atoms with van der Waals surface area (Å²) < 4.78 is 0. The van der Waals surface area contributed by atoms with E-state index in [1.807, 2.05) is 36.4 Å². The topological polar surface area (TPSA) is 37.1 Å². The summed E-state index contributed by atoms with van der Waals surface area (Å²) in [5.74, 6) is 0. The molecule has 0 unspecified atom stereocenters. The van der Waals surface area contributed by atoms with Crippen molar-refractivity contribution in [1.82, 2.24) is 0 Å². The van der Waals surface area contributed by atoms with E-state index in [9.17, 15) is 0 Å². The number of hydrogen-bond acceptors (Lipinski definition) is 3. The van der Waals surface area contributed by atoms with Gasteiger partial charge in [0.25, 0.3) is 0 Å². The number of hydrogen-bond donors (Lipinski definition) is 0. The van der Waals surface area contributed by atoms with Gasteiger partial charge in [-0.3, -0.25) is 0 Å². The van der Waals surface area contributed by atoms with Crippen molar-refractivity contribution in [3.8, 4) is 0 Å². The minimum absolute atomic E-state index is 0.667. The molecule has 0 saturated heterocycles. The summed E-state index contributed by atoms with van der Waals surface area (Å²) in [5, 5.41) is 10.2. The van der Waals surface area contributed by atoms with Crippen LogP contribution in [0.3, 0.4) is 0 Å². The summed E-state index contributed by atoms with van der Waals surface area (Å²) in [6, 6.07) is 12.0. The maximum absolute atomic E-state index is 3.49. The van der Waals surface area contributed by atoms with Crippen molar-refractivity contribution >= 4 is 6.21 Å². The van der Waals surface area contributed by atoms with E-state index in [1.54, 1.807) is 6.21 Å². The molecule has 0 amide bonds. The van der Waals surface area contributed by atoms with Crippen molar-refractivity contribution in [2.75, 3.05) is 6.54 Å². The summed E-state index contributed by atoms with van der Waals surface area (Å²) in [4.78, 5) is 0. The van der Waals surface area contributed by atoms with Crippen LogP contribution in [0.4, 0.5) is 0 Å². The monoisotopic (exact) mass is 147 g/mol. The van der Waals surface area contributed by atoms with Gasteiger partial charge >= 0.3 is 0 Å². The Kier molecular flexibility index (Phi) is 3.65. The zero-order valence-corrected chi connectivity index (χ0v) is 6.09. The molecule has 1 aliphatic rings. The molecule has 1 aliphatic heterocycles. The molecule has 1 aromatic carbocycles. The molecule has 3 nitrogen and oxygen atoms in total. The minimum Gasteiger partial charge on any atom is -0.163 e. The van der Waals surface area contributed by atoms with Crippen LogP contribution in [0, 0.1) is 0 Å². The summed E-state index contributed by atoms with van der Waals surface area (Å²) in [5.41, 5.74) is 0. The first kappa shape index (κ1) is 7.60. The Balaban J connectivity index is 0.000000112. The normalized spacial score (nSPS) is 12.4. The minimum atomic E-state index is 0.667. The molecule has 0 saturated carbocycles. The predicted molar refractivity (Wildman–Crippen MR) is 44.7 cm³/mol. The van der Waals surface area contributed by atoms with E-state index in [-0.39, 0.29) is 0 Å². The second-order valence-corrected chi connectivity index (χ2v) is 1.87. The standard InChI is InChI=1S/C6H6.C2H3N3/c1-2-4-6-5-3-1;1-2-4-5-3-1/h1-6H;1H,2H2. The van der Waals surface area contributed by atoms with Crippen LogP contribution in [-0.4, -0.2) is 12.8 Å². The van der Waals surface area contributed by atoms with Crippen molar-refractivity contribution in [2.24, 2.45) is 15.4 Å². The van der Waals surface area contributed by atoms with E-state index in [1.165, 1.54) is 0 Å². The van der Waals surface area contributed by atoms with E-state index >= 15 is 0 Å². The van der Waals surface area contributed by atoms with Crippen LogP contribution in [0.1, 0.15) is 0 Å². The Morgan fingerprint density at radius 1 is 0.818 bits per heavy atom. The molecular formula is C8H9N3. The van der Waals surface area contributed by atoms with Gasteiger partial charge in [0.2, 0.25) is 0 Å². The fourth-order valence-corrected chi connectivity index (χ4v) is 0.567. The zero-order chi connectivity index (χ0) is 7.78. The SMILES string of the molecule is C1=NN=NC1.c1ccccc1. The van der Waals surface area contributed by atoms with Gasteiger partial charge in [-0.25, -0.2) is 0 Å². The van der Waals surface area contributed by atoms with E-state index in [0.29, 0.717) is 6.54 Å². The first-order valence-corrected chi connectivity index (χ1v) is 3.38. The largest absolute Gasteiger partial charge is 0.163 e. The zero-order valence-electron chi connectivity index (χ0n) is 6.09. The van der Waals surface area contributed by atoms with Crippen molar-refractivity contribution in [3.05, 3.63) is 36.4 Å². The third kappa shape index (κ3) is 3.97. The maximum Gasteiger partial charge on any atom is 0.0992 e. The molecule has 0 aliphatic carbocycles. The van der Waals surface area contributed by atoms with Crippen molar-refractivity contribution in [2.45, 2.75) is 0 Å². The fourth-order valence-electron chi connectivity index (χ4n) is 0.567. The highest BCUT2D eigenvalue weighted by Crippen LogP contribution is 1.80. The molecule has 2 rings (SSSR count). The first-order valence-electron chi connectivity index (χ1n) is 3.38. The smallest absolute Gasteiger partial charge is 0.0992 e. The van der Waals surface area contributed by atoms with Crippen molar-refractivity contribution in [3.63, 3.8) is 0 Å². The number of rotatable bonds is 0. The van der Waals surface area contributed by atoms with E-state index in [4.69, 9.17) is 0 Å². The van der Waals surface area contributed by atoms with Gasteiger partial charge < -0.3 is 0 Å². The lowest BCUT2D eigenvalue weighted by Gasteiger charge is -1.69. The third-order valence-corrected chi connectivity index (χ3v) is 1.03. The van der Waals surface area contributed by atoms with Gasteiger partial charge in [0.1, 0.15) is 0 Å². The lowest BCUT2D eigenvalue weighted by atomic mass is 10.4. The maximum atomic E-state index is 3.49. The van der Waals surface area contributed by atoms with Gasteiger partial charge in [-0.1, -0.05) is 36.4 Å². The Bertz CT molecular complexity index is 192. The van der Waals surface area contributed by atoms with Crippen molar-refractivity contribution in [1.29, 1.82) is 0 Å². The van der Waals surface area contributed by atoms with E-state index in [0.717, 1.165) is 0 Å². The molecule has 3 heteroatoms. The molecule has 11 heavy (non-hydrogen) atoms. The highest BCUT2D eigenvalue weighted by molar-refractivity contribution is 5.60. The number of nitrogens with zero attached hydrogens (tertiary/aromatic N) is 3. The molecule has 0 fully saturated rings. The molecule has 0 aromatic heterocycles. The Labute approximate surface area is 65.5 Å². The van der Waals surface area contributed by atoms with E-state index in [2.05, 4.69) is 15.4 Å². The van der Waals surface area contributed by atoms with Crippen LogP contribution in [-0.2, 0) is 0 Å². The molecule has 1 heterocycles. The average molecular weight is 147 g/mol. The van der Waals surface area contributed by atoms with Crippen LogP contribution < -0.4 is 0 Å². The molecule has 0 N–H and O–H groups in total. The molecule has 0 spiro atoms. The molecule has 0 radical (unpaired) electrons. The van der Waals surface area contributed by atoms with Gasteiger partial charge in [-0.2, -0.15) is 5.11 Å². The summed E-state index contributed by atoms with van der Waals surface area (Å²) in [6.45, 7) is 0.667.